The third-order valence-corrected chi connectivity index (χ3v) is 7.90. The van der Waals surface area contributed by atoms with Crippen molar-refractivity contribution in [1.82, 2.24) is 9.29 Å². The minimum atomic E-state index is -3.76. The molecule has 2 heterocycles. The van der Waals surface area contributed by atoms with E-state index in [9.17, 15) is 13.2 Å². The molecule has 11 heteroatoms. The second kappa shape index (κ2) is 10.6. The summed E-state index contributed by atoms with van der Waals surface area (Å²) >= 11 is 12.1. The van der Waals surface area contributed by atoms with E-state index in [2.05, 4.69) is 10.3 Å². The van der Waals surface area contributed by atoms with Crippen LogP contribution < -0.4 is 10.2 Å². The fourth-order valence-electron chi connectivity index (χ4n) is 3.50. The van der Waals surface area contributed by atoms with E-state index < -0.39 is 16.1 Å². The van der Waals surface area contributed by atoms with Crippen molar-refractivity contribution in [2.75, 3.05) is 36.4 Å². The van der Waals surface area contributed by atoms with Crippen LogP contribution in [0.1, 0.15) is 5.56 Å². The normalized spacial score (nSPS) is 14.6. The zero-order valence-electron chi connectivity index (χ0n) is 18.0. The molecule has 1 amide bonds. The van der Waals surface area contributed by atoms with Gasteiger partial charge in [0.15, 0.2) is 0 Å². The highest BCUT2D eigenvalue weighted by Crippen LogP contribution is 2.28. The lowest BCUT2D eigenvalue weighted by atomic mass is 10.2. The number of pyridine rings is 1. The third kappa shape index (κ3) is 5.79. The van der Waals surface area contributed by atoms with Crippen molar-refractivity contribution in [2.24, 2.45) is 0 Å². The highest BCUT2D eigenvalue weighted by Gasteiger charge is 2.30. The molecule has 4 rings (SSSR count). The Morgan fingerprint density at radius 3 is 2.41 bits per heavy atom. The van der Waals surface area contributed by atoms with Gasteiger partial charge in [-0.1, -0.05) is 53.5 Å². The molecule has 1 aliphatic heterocycles. The summed E-state index contributed by atoms with van der Waals surface area (Å²) in [7, 11) is -3.76. The number of anilines is 2. The van der Waals surface area contributed by atoms with Crippen LogP contribution in [0.4, 0.5) is 16.3 Å². The van der Waals surface area contributed by atoms with E-state index in [0.29, 0.717) is 29.6 Å². The van der Waals surface area contributed by atoms with Gasteiger partial charge in [-0.05, 0) is 35.9 Å². The van der Waals surface area contributed by atoms with Crippen LogP contribution in [0, 0.1) is 0 Å². The zero-order chi connectivity index (χ0) is 24.1. The molecule has 1 saturated heterocycles. The topological polar surface area (TPSA) is 91.8 Å². The Morgan fingerprint density at radius 1 is 1.00 bits per heavy atom. The summed E-state index contributed by atoms with van der Waals surface area (Å²) in [5.74, 6) is 0.682. The minimum Gasteiger partial charge on any atom is -0.444 e. The van der Waals surface area contributed by atoms with Gasteiger partial charge in [-0.2, -0.15) is 4.31 Å². The molecule has 0 bridgehead atoms. The second-order valence-electron chi connectivity index (χ2n) is 7.56. The maximum absolute atomic E-state index is 13.0. The van der Waals surface area contributed by atoms with Crippen LogP contribution in [0.15, 0.2) is 71.8 Å². The Balaban J connectivity index is 1.31. The van der Waals surface area contributed by atoms with Gasteiger partial charge in [-0.25, -0.2) is 18.2 Å². The van der Waals surface area contributed by atoms with Crippen molar-refractivity contribution in [3.05, 3.63) is 82.5 Å². The van der Waals surface area contributed by atoms with Gasteiger partial charge in [0, 0.05) is 31.2 Å². The quantitative estimate of drug-likeness (QED) is 0.508. The summed E-state index contributed by atoms with van der Waals surface area (Å²) < 4.78 is 32.6. The predicted molar refractivity (Wildman–Crippen MR) is 132 cm³/mol. The number of ether oxygens (including phenoxy) is 1. The van der Waals surface area contributed by atoms with E-state index in [1.165, 1.54) is 22.6 Å². The van der Waals surface area contributed by atoms with Crippen molar-refractivity contribution in [1.29, 1.82) is 0 Å². The molecular weight excluding hydrogens is 499 g/mol. The van der Waals surface area contributed by atoms with Crippen LogP contribution in [-0.2, 0) is 21.4 Å². The first kappa shape index (κ1) is 24.3. The van der Waals surface area contributed by atoms with Gasteiger partial charge < -0.3 is 9.64 Å². The lowest BCUT2D eigenvalue weighted by molar-refractivity contribution is 0.155. The number of halogens is 2. The van der Waals surface area contributed by atoms with Gasteiger partial charge in [0.25, 0.3) is 0 Å². The van der Waals surface area contributed by atoms with Gasteiger partial charge in [-0.3, -0.25) is 5.32 Å². The van der Waals surface area contributed by atoms with E-state index in [1.807, 2.05) is 35.2 Å². The molecule has 1 fully saturated rings. The molecule has 1 aliphatic rings. The van der Waals surface area contributed by atoms with E-state index in [-0.39, 0.29) is 29.6 Å². The highest BCUT2D eigenvalue weighted by atomic mass is 35.5. The van der Waals surface area contributed by atoms with E-state index >= 15 is 0 Å². The lowest BCUT2D eigenvalue weighted by Gasteiger charge is -2.34. The van der Waals surface area contributed by atoms with Crippen molar-refractivity contribution in [3.8, 4) is 0 Å². The number of aromatic nitrogens is 1. The summed E-state index contributed by atoms with van der Waals surface area (Å²) in [5, 5.41) is 3.09. The molecule has 0 unspecified atom stereocenters. The molecule has 3 aromatic rings. The van der Waals surface area contributed by atoms with E-state index in [1.54, 1.807) is 18.2 Å². The molecule has 34 heavy (non-hydrogen) atoms. The summed E-state index contributed by atoms with van der Waals surface area (Å²) in [4.78, 5) is 18.4. The Labute approximate surface area is 208 Å². The van der Waals surface area contributed by atoms with E-state index in [0.717, 1.165) is 5.56 Å². The number of piperazine rings is 1. The third-order valence-electron chi connectivity index (χ3n) is 5.28. The number of carbonyl (C=O) groups is 1. The number of hydrogen-bond donors (Lipinski definition) is 1. The Morgan fingerprint density at radius 2 is 1.74 bits per heavy atom. The SMILES string of the molecule is O=C(Nc1ccc(N2CCN(S(=O)(=O)c3cc(Cl)ccc3Cl)CC2)nc1)OCc1ccccc1. The number of nitrogens with one attached hydrogen (secondary N) is 1. The molecule has 8 nitrogen and oxygen atoms in total. The number of carbonyl (C=O) groups excluding carboxylic acids is 1. The maximum Gasteiger partial charge on any atom is 0.412 e. The number of benzene rings is 2. The lowest BCUT2D eigenvalue weighted by Crippen LogP contribution is -2.49. The van der Waals surface area contributed by atoms with Crippen molar-refractivity contribution >= 4 is 50.8 Å². The van der Waals surface area contributed by atoms with Crippen LogP contribution in [-0.4, -0.2) is 50.0 Å². The summed E-state index contributed by atoms with van der Waals surface area (Å²) in [5.41, 5.74) is 1.39. The molecule has 1 N–H and O–H groups in total. The van der Waals surface area contributed by atoms with Gasteiger partial charge in [0.05, 0.1) is 16.9 Å². The average molecular weight is 521 g/mol. The standard InChI is InChI=1S/C23H22Cl2N4O4S/c24-18-6-8-20(25)21(14-18)34(31,32)29-12-10-28(11-13-29)22-9-7-19(15-26-22)27-23(30)33-16-17-4-2-1-3-5-17/h1-9,14-15H,10-13,16H2,(H,27,30). The van der Waals surface area contributed by atoms with Crippen molar-refractivity contribution in [3.63, 3.8) is 0 Å². The van der Waals surface area contributed by atoms with Crippen molar-refractivity contribution in [2.45, 2.75) is 11.5 Å². The van der Waals surface area contributed by atoms with Gasteiger partial charge in [0.2, 0.25) is 10.0 Å². The molecular formula is C23H22Cl2N4O4S. The highest BCUT2D eigenvalue weighted by molar-refractivity contribution is 7.89. The zero-order valence-corrected chi connectivity index (χ0v) is 20.4. The summed E-state index contributed by atoms with van der Waals surface area (Å²) in [6, 6.07) is 17.3. The van der Waals surface area contributed by atoms with Crippen LogP contribution >= 0.6 is 23.2 Å². The number of amides is 1. The van der Waals surface area contributed by atoms with Gasteiger partial charge in [-0.15, -0.1) is 0 Å². The Kier molecular flexibility index (Phi) is 7.57. The molecule has 0 radical (unpaired) electrons. The van der Waals surface area contributed by atoms with Crippen molar-refractivity contribution < 1.29 is 17.9 Å². The molecule has 1 aromatic heterocycles. The number of rotatable bonds is 6. The molecule has 0 saturated carbocycles. The fourth-order valence-corrected chi connectivity index (χ4v) is 5.66. The molecule has 0 atom stereocenters. The Hall–Kier alpha value is -2.85. The van der Waals surface area contributed by atoms with Gasteiger partial charge in [0.1, 0.15) is 17.3 Å². The van der Waals surface area contributed by atoms with Gasteiger partial charge >= 0.3 is 6.09 Å². The van der Waals surface area contributed by atoms with Crippen LogP contribution in [0.5, 0.6) is 0 Å². The smallest absolute Gasteiger partial charge is 0.412 e. The number of nitrogens with zero attached hydrogens (tertiary/aromatic N) is 3. The second-order valence-corrected chi connectivity index (χ2v) is 10.3. The number of sulfonamides is 1. The Bertz CT molecular complexity index is 1250. The monoisotopic (exact) mass is 520 g/mol. The summed E-state index contributed by atoms with van der Waals surface area (Å²) in [6.45, 7) is 1.63. The molecule has 178 valence electrons. The maximum atomic E-state index is 13.0. The average Bonchev–Trinajstić information content (AvgIpc) is 2.85. The fraction of sp³-hybridized carbons (Fsp3) is 0.217. The first-order valence-electron chi connectivity index (χ1n) is 10.5. The first-order chi connectivity index (χ1) is 16.3. The minimum absolute atomic E-state index is 0.00261. The van der Waals surface area contributed by atoms with E-state index in [4.69, 9.17) is 27.9 Å². The van der Waals surface area contributed by atoms with Crippen LogP contribution in [0.25, 0.3) is 0 Å². The predicted octanol–water partition coefficient (Wildman–Crippen LogP) is 4.65. The van der Waals surface area contributed by atoms with Crippen LogP contribution in [0.3, 0.4) is 0 Å². The van der Waals surface area contributed by atoms with Crippen LogP contribution in [0.2, 0.25) is 10.0 Å². The molecule has 0 spiro atoms. The first-order valence-corrected chi connectivity index (χ1v) is 12.7. The largest absolute Gasteiger partial charge is 0.444 e. The molecule has 0 aliphatic carbocycles. The molecule has 2 aromatic carbocycles. The number of hydrogen-bond acceptors (Lipinski definition) is 6. The summed E-state index contributed by atoms with van der Waals surface area (Å²) in [6.07, 6.45) is 0.963.